The molecule has 1 fully saturated rings. The summed E-state index contributed by atoms with van der Waals surface area (Å²) < 4.78 is 6.88. The highest BCUT2D eigenvalue weighted by atomic mass is 32.1. The van der Waals surface area contributed by atoms with Gasteiger partial charge in [0.15, 0.2) is 5.11 Å². The maximum Gasteiger partial charge on any atom is 0.337 e. The number of nitrogens with one attached hydrogen (secondary N) is 2. The molecule has 40 heavy (non-hydrogen) atoms. The number of thiocarbonyl (C=S) groups is 1. The third-order valence-corrected chi connectivity index (χ3v) is 7.28. The number of amides is 1. The van der Waals surface area contributed by atoms with Crippen molar-refractivity contribution >= 4 is 40.6 Å². The van der Waals surface area contributed by atoms with Crippen molar-refractivity contribution in [2.24, 2.45) is 0 Å². The van der Waals surface area contributed by atoms with Crippen LogP contribution in [-0.2, 0) is 9.53 Å². The van der Waals surface area contributed by atoms with Gasteiger partial charge >= 0.3 is 5.97 Å². The summed E-state index contributed by atoms with van der Waals surface area (Å²) in [6.45, 7) is 3.92. The van der Waals surface area contributed by atoms with Gasteiger partial charge in [0.1, 0.15) is 6.61 Å². The first-order valence-corrected chi connectivity index (χ1v) is 13.1. The van der Waals surface area contributed by atoms with Crippen LogP contribution in [0.5, 0.6) is 0 Å². The zero-order chi connectivity index (χ0) is 28.4. The van der Waals surface area contributed by atoms with E-state index in [0.717, 1.165) is 28.3 Å². The largest absolute Gasteiger partial charge is 0.478 e. The SMILES string of the molecule is COCC(=O)Nc1ccc(N2C(=S)N[C@@H](c3ccccn3)[C@@H]2c2cc(C)n(-c3ccccc3C(=O)O)c2C)cc1. The monoisotopic (exact) mass is 555 g/mol. The van der Waals surface area contributed by atoms with Crippen LogP contribution in [0.1, 0.15) is 45.1 Å². The maximum absolute atomic E-state index is 12.0. The molecule has 1 aliphatic rings. The second-order valence-electron chi connectivity index (χ2n) is 9.51. The Morgan fingerprint density at radius 3 is 2.48 bits per heavy atom. The molecule has 0 unspecified atom stereocenters. The Morgan fingerprint density at radius 2 is 1.80 bits per heavy atom. The summed E-state index contributed by atoms with van der Waals surface area (Å²) >= 11 is 5.86. The summed E-state index contributed by atoms with van der Waals surface area (Å²) in [7, 11) is 1.47. The number of pyridine rings is 1. The van der Waals surface area contributed by atoms with Crippen LogP contribution in [0.2, 0.25) is 0 Å². The molecule has 0 saturated carbocycles. The summed E-state index contributed by atoms with van der Waals surface area (Å²) in [5.41, 5.74) is 5.91. The molecule has 9 nitrogen and oxygen atoms in total. The number of carboxylic acid groups (broad SMARTS) is 1. The number of carbonyl (C=O) groups is 2. The molecule has 0 aliphatic carbocycles. The minimum atomic E-state index is -0.987. The second kappa shape index (κ2) is 11.3. The minimum absolute atomic E-state index is 0.0314. The number of hydrogen-bond donors (Lipinski definition) is 3. The van der Waals surface area contributed by atoms with Gasteiger partial charge in [0.2, 0.25) is 5.91 Å². The van der Waals surface area contributed by atoms with Gasteiger partial charge in [-0.3, -0.25) is 9.78 Å². The highest BCUT2D eigenvalue weighted by Gasteiger charge is 2.42. The first-order valence-electron chi connectivity index (χ1n) is 12.7. The van der Waals surface area contributed by atoms with E-state index in [9.17, 15) is 14.7 Å². The van der Waals surface area contributed by atoms with Gasteiger partial charge in [-0.2, -0.15) is 0 Å². The fraction of sp³-hybridized carbons (Fsp3) is 0.200. The number of benzene rings is 2. The molecule has 1 saturated heterocycles. The van der Waals surface area contributed by atoms with Crippen molar-refractivity contribution < 1.29 is 19.4 Å². The summed E-state index contributed by atoms with van der Waals surface area (Å²) in [5.74, 6) is -1.23. The number of aryl methyl sites for hydroxylation is 1. The van der Waals surface area contributed by atoms with Gasteiger partial charge in [0.05, 0.1) is 29.0 Å². The van der Waals surface area contributed by atoms with Crippen LogP contribution in [0.4, 0.5) is 11.4 Å². The Balaban J connectivity index is 1.61. The molecule has 3 N–H and O–H groups in total. The predicted octanol–water partition coefficient (Wildman–Crippen LogP) is 4.95. The van der Waals surface area contributed by atoms with Gasteiger partial charge in [0, 0.05) is 36.1 Å². The molecule has 204 valence electrons. The average Bonchev–Trinajstić information content (AvgIpc) is 3.44. The normalized spacial score (nSPS) is 16.6. The van der Waals surface area contributed by atoms with Crippen molar-refractivity contribution in [3.63, 3.8) is 0 Å². The van der Waals surface area contributed by atoms with Crippen molar-refractivity contribution in [3.05, 3.63) is 107 Å². The zero-order valence-corrected chi connectivity index (χ0v) is 23.1. The molecule has 10 heteroatoms. The van der Waals surface area contributed by atoms with Crippen LogP contribution in [0, 0.1) is 13.8 Å². The molecule has 2 aromatic heterocycles. The van der Waals surface area contributed by atoms with E-state index < -0.39 is 5.97 Å². The number of hydrogen-bond acceptors (Lipinski definition) is 5. The quantitative estimate of drug-likeness (QED) is 0.262. The Hall–Kier alpha value is -4.54. The molecule has 0 radical (unpaired) electrons. The lowest BCUT2D eigenvalue weighted by molar-refractivity contribution is -0.119. The number of rotatable bonds is 8. The molecule has 3 heterocycles. The van der Waals surface area contributed by atoms with Gasteiger partial charge in [-0.05, 0) is 86.2 Å². The van der Waals surface area contributed by atoms with Crippen LogP contribution in [0.25, 0.3) is 5.69 Å². The van der Waals surface area contributed by atoms with E-state index in [4.69, 9.17) is 17.0 Å². The standard InChI is InChI=1S/C30H29N5O4S/c1-18-16-23(19(2)34(18)25-10-5-4-8-22(25)29(37)38)28-27(24-9-6-7-15-31-24)33-30(40)35(28)21-13-11-20(12-14-21)32-26(36)17-39-3/h4-16,27-28H,17H2,1-3H3,(H,32,36)(H,33,40)(H,37,38)/t27-,28-/m0/s1. The van der Waals surface area contributed by atoms with E-state index in [1.807, 2.05) is 77.9 Å². The Labute approximate surface area is 237 Å². The first kappa shape index (κ1) is 27.0. The van der Waals surface area contributed by atoms with E-state index in [1.165, 1.54) is 7.11 Å². The number of methoxy groups -OCH3 is 1. The lowest BCUT2D eigenvalue weighted by Crippen LogP contribution is -2.29. The summed E-state index contributed by atoms with van der Waals surface area (Å²) in [4.78, 5) is 30.7. The van der Waals surface area contributed by atoms with Crippen molar-refractivity contribution in [2.45, 2.75) is 25.9 Å². The zero-order valence-electron chi connectivity index (χ0n) is 22.3. The summed E-state index contributed by atoms with van der Waals surface area (Å²) in [5, 5.41) is 16.7. The lowest BCUT2D eigenvalue weighted by atomic mass is 9.96. The third-order valence-electron chi connectivity index (χ3n) is 6.97. The van der Waals surface area contributed by atoms with Gasteiger partial charge < -0.3 is 29.9 Å². The molecule has 0 bridgehead atoms. The Kier molecular flexibility index (Phi) is 7.63. The third kappa shape index (κ3) is 5.06. The second-order valence-corrected chi connectivity index (χ2v) is 9.90. The predicted molar refractivity (Wildman–Crippen MR) is 157 cm³/mol. The van der Waals surface area contributed by atoms with Crippen LogP contribution >= 0.6 is 12.2 Å². The number of aromatic nitrogens is 2. The number of nitrogens with zero attached hydrogens (tertiary/aromatic N) is 3. The number of aromatic carboxylic acids is 1. The maximum atomic E-state index is 12.0. The number of ether oxygens (including phenoxy) is 1. The van der Waals surface area contributed by atoms with Gasteiger partial charge in [-0.25, -0.2) is 4.79 Å². The number of anilines is 2. The highest BCUT2D eigenvalue weighted by Crippen LogP contribution is 2.44. The first-order chi connectivity index (χ1) is 19.3. The highest BCUT2D eigenvalue weighted by molar-refractivity contribution is 7.80. The van der Waals surface area contributed by atoms with Crippen LogP contribution in [-0.4, -0.2) is 45.4 Å². The Bertz CT molecular complexity index is 1570. The smallest absolute Gasteiger partial charge is 0.337 e. The number of carbonyl (C=O) groups excluding carboxylic acids is 1. The molecular formula is C30H29N5O4S. The van der Waals surface area contributed by atoms with Crippen molar-refractivity contribution in [3.8, 4) is 5.69 Å². The van der Waals surface area contributed by atoms with E-state index in [2.05, 4.69) is 21.7 Å². The fourth-order valence-corrected chi connectivity index (χ4v) is 5.64. The topological polar surface area (TPSA) is 109 Å². The van der Waals surface area contributed by atoms with Gasteiger partial charge in [0.25, 0.3) is 0 Å². The molecule has 5 rings (SSSR count). The number of carboxylic acids is 1. The van der Waals surface area contributed by atoms with Gasteiger partial charge in [-0.15, -0.1) is 0 Å². The molecule has 0 spiro atoms. The van der Waals surface area contributed by atoms with Crippen LogP contribution < -0.4 is 15.5 Å². The van der Waals surface area contributed by atoms with E-state index in [1.54, 1.807) is 18.3 Å². The van der Waals surface area contributed by atoms with Crippen LogP contribution in [0.3, 0.4) is 0 Å². The minimum Gasteiger partial charge on any atom is -0.478 e. The van der Waals surface area contributed by atoms with E-state index in [0.29, 0.717) is 16.5 Å². The lowest BCUT2D eigenvalue weighted by Gasteiger charge is -2.28. The van der Waals surface area contributed by atoms with Crippen molar-refractivity contribution in [2.75, 3.05) is 23.9 Å². The fourth-order valence-electron chi connectivity index (χ4n) is 5.29. The molecular weight excluding hydrogens is 526 g/mol. The molecule has 4 aromatic rings. The van der Waals surface area contributed by atoms with Crippen molar-refractivity contribution in [1.82, 2.24) is 14.9 Å². The summed E-state index contributed by atoms with van der Waals surface area (Å²) in [6, 6.07) is 21.7. The van der Waals surface area contributed by atoms with E-state index >= 15 is 0 Å². The molecule has 2 atom stereocenters. The molecule has 1 aliphatic heterocycles. The number of para-hydroxylation sites is 1. The average molecular weight is 556 g/mol. The summed E-state index contributed by atoms with van der Waals surface area (Å²) in [6.07, 6.45) is 1.75. The molecule has 2 aromatic carbocycles. The molecule has 1 amide bonds. The Morgan fingerprint density at radius 1 is 1.07 bits per heavy atom. The van der Waals surface area contributed by atoms with E-state index in [-0.39, 0.29) is 30.2 Å². The van der Waals surface area contributed by atoms with Crippen molar-refractivity contribution in [1.29, 1.82) is 0 Å². The van der Waals surface area contributed by atoms with Gasteiger partial charge in [-0.1, -0.05) is 18.2 Å². The van der Waals surface area contributed by atoms with Crippen LogP contribution in [0.15, 0.2) is 79.0 Å².